The van der Waals surface area contributed by atoms with E-state index < -0.39 is 29.8 Å². The van der Waals surface area contributed by atoms with Crippen molar-refractivity contribution in [2.45, 2.75) is 50.3 Å². The topological polar surface area (TPSA) is 98.6 Å². The molecule has 4 rings (SSSR count). The van der Waals surface area contributed by atoms with Crippen molar-refractivity contribution in [2.24, 2.45) is 5.11 Å². The lowest BCUT2D eigenvalue weighted by atomic mass is 10.0. The third kappa shape index (κ3) is 3.45. The van der Waals surface area contributed by atoms with Crippen molar-refractivity contribution in [3.63, 3.8) is 0 Å². The Morgan fingerprint density at radius 2 is 2.07 bits per heavy atom. The van der Waals surface area contributed by atoms with Crippen molar-refractivity contribution in [3.8, 4) is 0 Å². The van der Waals surface area contributed by atoms with Gasteiger partial charge in [0, 0.05) is 16.5 Å². The number of hydrogen-bond donors (Lipinski definition) is 0. The molecule has 4 atom stereocenters. The molecule has 0 aliphatic carbocycles. The summed E-state index contributed by atoms with van der Waals surface area (Å²) in [6, 6.07) is 9.88. The molecule has 0 bridgehead atoms. The normalized spacial score (nSPS) is 31.4. The van der Waals surface area contributed by atoms with Crippen molar-refractivity contribution in [1.29, 1.82) is 0 Å². The maximum absolute atomic E-state index is 9.18. The van der Waals surface area contributed by atoms with Crippen molar-refractivity contribution < 1.29 is 18.9 Å². The highest BCUT2D eigenvalue weighted by atomic mass is 32.1. The molecule has 2 aliphatic rings. The standard InChI is InChI=1S/C18H20N4O4S/c1-17(2)25-14-13(11-23-10-12-6-4-3-5-7-12)24-18(21-22-19,15(14)26-17)16-20-8-9-27-16/h3-9,13-15H,10-11H2,1-2H3/t13-,14-,15-,18+/m1/s1. The summed E-state index contributed by atoms with van der Waals surface area (Å²) in [5.41, 5.74) is 8.89. The van der Waals surface area contributed by atoms with E-state index in [9.17, 15) is 5.53 Å². The summed E-state index contributed by atoms with van der Waals surface area (Å²) in [4.78, 5) is 7.32. The Kier molecular flexibility index (Phi) is 4.90. The monoisotopic (exact) mass is 388 g/mol. The molecule has 0 amide bonds. The molecule has 8 nitrogen and oxygen atoms in total. The number of fused-ring (bicyclic) bond motifs is 1. The van der Waals surface area contributed by atoms with Gasteiger partial charge in [0.25, 0.3) is 0 Å². The Balaban J connectivity index is 1.57. The number of nitrogens with zero attached hydrogens (tertiary/aromatic N) is 4. The fourth-order valence-corrected chi connectivity index (χ4v) is 4.23. The van der Waals surface area contributed by atoms with E-state index in [0.29, 0.717) is 11.6 Å². The molecular weight excluding hydrogens is 368 g/mol. The van der Waals surface area contributed by atoms with Crippen LogP contribution < -0.4 is 0 Å². The highest BCUT2D eigenvalue weighted by molar-refractivity contribution is 7.09. The van der Waals surface area contributed by atoms with Crippen LogP contribution in [0.1, 0.15) is 24.4 Å². The summed E-state index contributed by atoms with van der Waals surface area (Å²) in [6.07, 6.45) is 0.174. The maximum Gasteiger partial charge on any atom is 0.227 e. The van der Waals surface area contributed by atoms with E-state index in [1.807, 2.05) is 49.6 Å². The first-order valence-corrected chi connectivity index (χ1v) is 9.53. The molecule has 9 heteroatoms. The van der Waals surface area contributed by atoms with Crippen molar-refractivity contribution in [2.75, 3.05) is 6.61 Å². The van der Waals surface area contributed by atoms with Gasteiger partial charge in [-0.25, -0.2) is 4.98 Å². The van der Waals surface area contributed by atoms with Crippen LogP contribution in [0.3, 0.4) is 0 Å². The molecule has 2 aliphatic heterocycles. The van der Waals surface area contributed by atoms with Crippen LogP contribution in [-0.4, -0.2) is 35.7 Å². The van der Waals surface area contributed by atoms with Gasteiger partial charge in [0.2, 0.25) is 5.72 Å². The third-order valence-corrected chi connectivity index (χ3v) is 5.42. The van der Waals surface area contributed by atoms with Gasteiger partial charge in [0.1, 0.15) is 23.3 Å². The maximum atomic E-state index is 9.18. The molecule has 0 radical (unpaired) electrons. The molecule has 2 fully saturated rings. The largest absolute Gasteiger partial charge is 0.374 e. The predicted octanol–water partition coefficient (Wildman–Crippen LogP) is 3.74. The second-order valence-electron chi connectivity index (χ2n) is 6.90. The van der Waals surface area contributed by atoms with Gasteiger partial charge in [-0.2, -0.15) is 0 Å². The minimum atomic E-state index is -1.36. The molecule has 0 N–H and O–H groups in total. The number of azide groups is 1. The lowest BCUT2D eigenvalue weighted by molar-refractivity contribution is -0.216. The van der Waals surface area contributed by atoms with Crippen LogP contribution in [0.25, 0.3) is 10.4 Å². The van der Waals surface area contributed by atoms with E-state index in [4.69, 9.17) is 18.9 Å². The lowest BCUT2D eigenvalue weighted by Crippen LogP contribution is -2.38. The smallest absolute Gasteiger partial charge is 0.227 e. The van der Waals surface area contributed by atoms with E-state index in [-0.39, 0.29) is 6.61 Å². The molecule has 142 valence electrons. The highest BCUT2D eigenvalue weighted by Crippen LogP contribution is 2.50. The zero-order valence-electron chi connectivity index (χ0n) is 15.0. The SMILES string of the molecule is CC1(C)O[C@H]2[C@@H](O1)[C@@](N=[N+]=[N-])(c1nccs1)O[C@@H]2COCc1ccccc1. The number of rotatable bonds is 6. The minimum Gasteiger partial charge on any atom is -0.374 e. The zero-order valence-corrected chi connectivity index (χ0v) is 15.8. The molecular formula is C18H20N4O4S. The van der Waals surface area contributed by atoms with E-state index in [1.54, 1.807) is 6.20 Å². The summed E-state index contributed by atoms with van der Waals surface area (Å²) in [7, 11) is 0. The summed E-state index contributed by atoms with van der Waals surface area (Å²) in [5, 5.41) is 6.32. The third-order valence-electron chi connectivity index (χ3n) is 4.54. The molecule has 0 unspecified atom stereocenters. The van der Waals surface area contributed by atoms with Crippen molar-refractivity contribution in [1.82, 2.24) is 4.98 Å². The van der Waals surface area contributed by atoms with Gasteiger partial charge in [-0.15, -0.1) is 11.3 Å². The van der Waals surface area contributed by atoms with E-state index in [0.717, 1.165) is 5.56 Å². The van der Waals surface area contributed by atoms with Gasteiger partial charge in [-0.3, -0.25) is 0 Å². The van der Waals surface area contributed by atoms with E-state index in [1.165, 1.54) is 11.3 Å². The van der Waals surface area contributed by atoms with E-state index >= 15 is 0 Å². The molecule has 2 saturated heterocycles. The predicted molar refractivity (Wildman–Crippen MR) is 97.7 cm³/mol. The number of aromatic nitrogens is 1. The molecule has 1 aromatic heterocycles. The number of hydrogen-bond acceptors (Lipinski definition) is 7. The Morgan fingerprint density at radius 3 is 2.78 bits per heavy atom. The first-order valence-electron chi connectivity index (χ1n) is 8.65. The van der Waals surface area contributed by atoms with Crippen LogP contribution >= 0.6 is 11.3 Å². The summed E-state index contributed by atoms with van der Waals surface area (Å²) >= 11 is 1.35. The summed E-state index contributed by atoms with van der Waals surface area (Å²) in [6.45, 7) is 4.39. The molecule has 3 heterocycles. The molecule has 1 aromatic carbocycles. The fourth-order valence-electron chi connectivity index (χ4n) is 3.49. The number of thiazole rings is 1. The van der Waals surface area contributed by atoms with Gasteiger partial charge < -0.3 is 18.9 Å². The van der Waals surface area contributed by atoms with Gasteiger partial charge in [-0.1, -0.05) is 30.3 Å². The fraction of sp³-hybridized carbons (Fsp3) is 0.500. The van der Waals surface area contributed by atoms with Crippen LogP contribution in [-0.2, 0) is 31.3 Å². The van der Waals surface area contributed by atoms with Crippen LogP contribution in [0.15, 0.2) is 47.0 Å². The molecule has 0 saturated carbocycles. The van der Waals surface area contributed by atoms with Gasteiger partial charge in [-0.05, 0) is 30.1 Å². The summed E-state index contributed by atoms with van der Waals surface area (Å²) in [5.74, 6) is -0.815. The van der Waals surface area contributed by atoms with Crippen molar-refractivity contribution >= 4 is 11.3 Å². The zero-order chi connectivity index (χ0) is 18.9. The van der Waals surface area contributed by atoms with E-state index in [2.05, 4.69) is 15.0 Å². The Bertz CT molecular complexity index is 825. The second-order valence-corrected chi connectivity index (χ2v) is 7.80. The van der Waals surface area contributed by atoms with Gasteiger partial charge >= 0.3 is 0 Å². The van der Waals surface area contributed by atoms with Gasteiger partial charge in [0.15, 0.2) is 5.79 Å². The first kappa shape index (κ1) is 18.4. The van der Waals surface area contributed by atoms with Crippen LogP contribution in [0.2, 0.25) is 0 Å². The minimum absolute atomic E-state index is 0.281. The van der Waals surface area contributed by atoms with Crippen LogP contribution in [0.4, 0.5) is 0 Å². The van der Waals surface area contributed by atoms with Crippen LogP contribution in [0.5, 0.6) is 0 Å². The first-order chi connectivity index (χ1) is 13.0. The average Bonchev–Trinajstić information content (AvgIpc) is 3.34. The highest BCUT2D eigenvalue weighted by Gasteiger charge is 2.64. The Morgan fingerprint density at radius 1 is 1.26 bits per heavy atom. The lowest BCUT2D eigenvalue weighted by Gasteiger charge is -2.29. The van der Waals surface area contributed by atoms with Gasteiger partial charge in [0.05, 0.1) is 13.2 Å². The number of ether oxygens (including phenoxy) is 4. The number of benzene rings is 1. The molecule has 2 aromatic rings. The average molecular weight is 388 g/mol. The quantitative estimate of drug-likeness (QED) is 0.426. The Labute approximate surface area is 160 Å². The summed E-state index contributed by atoms with van der Waals surface area (Å²) < 4.78 is 24.2. The molecule has 27 heavy (non-hydrogen) atoms. The molecule has 0 spiro atoms. The van der Waals surface area contributed by atoms with Crippen molar-refractivity contribution in [3.05, 3.63) is 62.9 Å². The van der Waals surface area contributed by atoms with Crippen LogP contribution in [0, 0.1) is 0 Å². The second kappa shape index (κ2) is 7.20. The Hall–Kier alpha value is -2.00.